The van der Waals surface area contributed by atoms with Gasteiger partial charge in [0, 0.05) is 65.6 Å². The predicted molar refractivity (Wildman–Crippen MR) is 292 cm³/mol. The number of rotatable bonds is 12. The molecule has 5 N–H and O–H groups in total. The summed E-state index contributed by atoms with van der Waals surface area (Å²) in [5.41, 5.74) is 5.77. The largest absolute Gasteiger partial charge is 0.507 e. The molecule has 65 heavy (non-hydrogen) atoms. The van der Waals surface area contributed by atoms with Gasteiger partial charge in [0.25, 0.3) is 0 Å². The van der Waals surface area contributed by atoms with Gasteiger partial charge in [-0.25, -0.2) is 19.1 Å². The molecule has 336 valence electrons. The highest BCUT2D eigenvalue weighted by Crippen LogP contribution is 2.26. The highest BCUT2D eigenvalue weighted by atomic mass is 32.2. The van der Waals surface area contributed by atoms with Gasteiger partial charge >= 0.3 is 0 Å². The second kappa shape index (κ2) is 25.5. The van der Waals surface area contributed by atoms with Gasteiger partial charge in [-0.2, -0.15) is 0 Å². The van der Waals surface area contributed by atoms with E-state index in [0.717, 1.165) is 122 Å². The lowest BCUT2D eigenvalue weighted by Crippen LogP contribution is -2.69. The average Bonchev–Trinajstić information content (AvgIpc) is 4.18. The second-order valence-corrected chi connectivity index (χ2v) is 21.8. The van der Waals surface area contributed by atoms with Crippen LogP contribution in [0.5, 0.6) is 17.2 Å². The van der Waals surface area contributed by atoms with E-state index in [9.17, 15) is 15.3 Å². The maximum absolute atomic E-state index is 10.1. The number of phenols is 3. The lowest BCUT2D eigenvalue weighted by Gasteiger charge is -2.01. The molecule has 3 aromatic rings. The van der Waals surface area contributed by atoms with Gasteiger partial charge < -0.3 is 15.3 Å². The monoisotopic (exact) mass is 980 g/mol. The summed E-state index contributed by atoms with van der Waals surface area (Å²) >= 11 is 10.9. The number of nitrogens with zero attached hydrogens (tertiary/aromatic N) is 4. The molecule has 0 fully saturated rings. The number of aromatic hydroxyl groups is 3. The van der Waals surface area contributed by atoms with Crippen LogP contribution in [-0.4, -0.2) is 143 Å². The van der Waals surface area contributed by atoms with Crippen LogP contribution in [0.2, 0.25) is 0 Å². The van der Waals surface area contributed by atoms with E-state index < -0.39 is 0 Å². The summed E-state index contributed by atoms with van der Waals surface area (Å²) in [5, 5.41) is 37.0. The van der Waals surface area contributed by atoms with Crippen LogP contribution in [0, 0.1) is 0 Å². The summed E-state index contributed by atoms with van der Waals surface area (Å²) in [6.07, 6.45) is 24.5. The Morgan fingerprint density at radius 2 is 0.846 bits per heavy atom. The van der Waals surface area contributed by atoms with Crippen LogP contribution in [-0.2, 0) is 0 Å². The molecule has 0 atom stereocenters. The standard InChI is InChI=1S/C18H21N2OS2.2C16H16N2OS2/c1-19-9-11-22-17(19)7-4-14-3-6-16(21)15(13-14)5-8-18-20(2)10-12-23-18;2*19-14-4-1-12(2-5-15-17-7-9-20-15)11-13(14)3-6-16-18-8-10-21-16/h3-8,13H,9-12H2,1-2H3;2*1-6,11,19H,7-10H2/q+1;;/p+3/b;2*5-2+,6-3+. The molecule has 9 rings (SSSR count). The summed E-state index contributed by atoms with van der Waals surface area (Å²) in [7, 11) is 4.23. The predicted octanol–water partition coefficient (Wildman–Crippen LogP) is 6.57. The minimum Gasteiger partial charge on any atom is -0.507 e. The molecule has 0 amide bonds. The van der Waals surface area contributed by atoms with Crippen molar-refractivity contribution in [3.8, 4) is 17.2 Å². The normalized spacial score (nSPS) is 18.8. The fraction of sp³-hybridized carbons (Fsp3) is 0.280. The SMILES string of the molecule is C[N+]1=C(/C=C/c2ccc(O)c(/C=C/C3=[N+](C)CCS3)c2)SCC1.Oc1ccc(/C=C/C2=NCCS2)cc1/C=C/C1=NCCS1.Oc1ccc(/C=C/C2=[NH+]CCS2)cc1/C=C/C1=[NH+]CCS1. The third-order valence-electron chi connectivity index (χ3n) is 10.3. The van der Waals surface area contributed by atoms with Gasteiger partial charge in [0.1, 0.15) is 31.3 Å². The Morgan fingerprint density at radius 3 is 1.26 bits per heavy atom. The van der Waals surface area contributed by atoms with Crippen molar-refractivity contribution >= 4 is 137 Å². The van der Waals surface area contributed by atoms with E-state index in [0.29, 0.717) is 17.2 Å². The molecule has 0 aromatic heterocycles. The quantitative estimate of drug-likeness (QED) is 0.129. The Bertz CT molecular complexity index is 2470. The Balaban J connectivity index is 0.000000146. The van der Waals surface area contributed by atoms with Crippen LogP contribution in [0.1, 0.15) is 33.4 Å². The highest BCUT2D eigenvalue weighted by Gasteiger charge is 2.18. The van der Waals surface area contributed by atoms with Crippen molar-refractivity contribution in [2.75, 3.05) is 87.9 Å². The number of hydrogen-bond acceptors (Lipinski definition) is 11. The molecule has 3 aromatic carbocycles. The van der Waals surface area contributed by atoms with Gasteiger partial charge in [0.05, 0.1) is 33.1 Å². The van der Waals surface area contributed by atoms with Gasteiger partial charge in [-0.15, -0.1) is 23.5 Å². The molecule has 6 heterocycles. The third kappa shape index (κ3) is 15.6. The van der Waals surface area contributed by atoms with E-state index in [1.165, 1.54) is 15.1 Å². The van der Waals surface area contributed by atoms with Crippen LogP contribution in [0.3, 0.4) is 0 Å². The fourth-order valence-corrected chi connectivity index (χ4v) is 11.8. The molecule has 6 aliphatic heterocycles. The fourth-order valence-electron chi connectivity index (χ4n) is 6.68. The maximum atomic E-state index is 10.1. The minimum atomic E-state index is 0.291. The zero-order valence-corrected chi connectivity index (χ0v) is 41.6. The van der Waals surface area contributed by atoms with Crippen LogP contribution >= 0.6 is 70.6 Å². The first kappa shape index (κ1) is 48.6. The Kier molecular flexibility index (Phi) is 19.1. The second-order valence-electron chi connectivity index (χ2n) is 15.1. The number of nitrogens with one attached hydrogen (secondary N) is 2. The number of thioether (sulfide) groups is 6. The summed E-state index contributed by atoms with van der Waals surface area (Å²) in [6, 6.07) is 17.0. The van der Waals surface area contributed by atoms with Crippen LogP contribution in [0.15, 0.2) is 101 Å². The average molecular weight is 981 g/mol. The van der Waals surface area contributed by atoms with Crippen LogP contribution in [0.25, 0.3) is 36.5 Å². The van der Waals surface area contributed by atoms with E-state index in [1.54, 1.807) is 41.7 Å². The van der Waals surface area contributed by atoms with Crippen molar-refractivity contribution in [3.05, 3.63) is 124 Å². The summed E-state index contributed by atoms with van der Waals surface area (Å²) in [6.45, 7) is 6.05. The first-order chi connectivity index (χ1) is 31.8. The number of benzene rings is 3. The lowest BCUT2D eigenvalue weighted by molar-refractivity contribution is -0.485. The van der Waals surface area contributed by atoms with E-state index in [4.69, 9.17) is 0 Å². The summed E-state index contributed by atoms with van der Waals surface area (Å²) < 4.78 is 4.51. The molecule has 0 radical (unpaired) electrons. The Morgan fingerprint density at radius 1 is 0.446 bits per heavy atom. The van der Waals surface area contributed by atoms with Crippen LogP contribution in [0.4, 0.5) is 0 Å². The Hall–Kier alpha value is -4.38. The van der Waals surface area contributed by atoms with Crippen molar-refractivity contribution in [1.82, 2.24) is 0 Å². The minimum absolute atomic E-state index is 0.291. The highest BCUT2D eigenvalue weighted by molar-refractivity contribution is 8.15. The molecule has 0 aliphatic carbocycles. The molecule has 0 bridgehead atoms. The maximum Gasteiger partial charge on any atom is 0.234 e. The van der Waals surface area contributed by atoms with Gasteiger partial charge in [-0.05, 0) is 95.6 Å². The van der Waals surface area contributed by atoms with E-state index in [1.807, 2.05) is 126 Å². The zero-order valence-electron chi connectivity index (χ0n) is 36.7. The number of hydrogen-bond donors (Lipinski definition) is 5. The van der Waals surface area contributed by atoms with E-state index in [2.05, 4.69) is 73.6 Å². The zero-order chi connectivity index (χ0) is 45.2. The molecule has 0 saturated heterocycles. The molecule has 0 unspecified atom stereocenters. The van der Waals surface area contributed by atoms with Gasteiger partial charge in [-0.1, -0.05) is 71.3 Å². The molecule has 6 aliphatic rings. The molecule has 0 saturated carbocycles. The third-order valence-corrected chi connectivity index (χ3v) is 16.4. The van der Waals surface area contributed by atoms with Crippen molar-refractivity contribution < 1.29 is 34.5 Å². The van der Waals surface area contributed by atoms with E-state index >= 15 is 0 Å². The van der Waals surface area contributed by atoms with Crippen LogP contribution < -0.4 is 9.98 Å². The molecule has 9 nitrogen and oxygen atoms in total. The molecule has 0 spiro atoms. The van der Waals surface area contributed by atoms with Crippen molar-refractivity contribution in [2.24, 2.45) is 9.98 Å². The summed E-state index contributed by atoms with van der Waals surface area (Å²) in [5.74, 6) is 7.58. The van der Waals surface area contributed by atoms with Gasteiger partial charge in [0.2, 0.25) is 20.2 Å². The van der Waals surface area contributed by atoms with Crippen molar-refractivity contribution in [2.45, 2.75) is 0 Å². The molecule has 15 heteroatoms. The molecular weight excluding hydrogens is 925 g/mol. The number of phenolic OH excluding ortho intramolecular Hbond substituents is 3. The first-order valence-electron chi connectivity index (χ1n) is 21.6. The van der Waals surface area contributed by atoms with Crippen molar-refractivity contribution in [3.63, 3.8) is 0 Å². The lowest BCUT2D eigenvalue weighted by atomic mass is 10.1. The summed E-state index contributed by atoms with van der Waals surface area (Å²) in [4.78, 5) is 15.4. The molecular formula is C50H56N6O3S6+4. The smallest absolute Gasteiger partial charge is 0.234 e. The first-order valence-corrected chi connectivity index (χ1v) is 27.5. The van der Waals surface area contributed by atoms with Gasteiger partial charge in [-0.3, -0.25) is 9.98 Å². The Labute approximate surface area is 408 Å². The number of aliphatic imine (C=N–C) groups is 2. The van der Waals surface area contributed by atoms with Gasteiger partial charge in [0.15, 0.2) is 26.2 Å². The topological polar surface area (TPSA) is 119 Å². The van der Waals surface area contributed by atoms with Crippen molar-refractivity contribution in [1.29, 1.82) is 0 Å². The van der Waals surface area contributed by atoms with E-state index in [-0.39, 0.29) is 0 Å².